The van der Waals surface area contributed by atoms with Crippen molar-refractivity contribution in [1.82, 2.24) is 9.88 Å². The number of aryl methyl sites for hydroxylation is 1. The van der Waals surface area contributed by atoms with E-state index >= 15 is 0 Å². The smallest absolute Gasteiger partial charge is 0.265 e. The largest absolute Gasteiger partial charge is 0.397 e. The molecule has 0 spiro atoms. The highest BCUT2D eigenvalue weighted by molar-refractivity contribution is 7.21. The number of nitrogens with zero attached hydrogens (tertiary/aromatic N) is 2. The summed E-state index contributed by atoms with van der Waals surface area (Å²) in [6.45, 7) is 8.94. The maximum absolute atomic E-state index is 12.5. The van der Waals surface area contributed by atoms with Gasteiger partial charge in [-0.2, -0.15) is 0 Å². The minimum atomic E-state index is -0.0296. The molecule has 4 nitrogen and oxygen atoms in total. The number of fused-ring (bicyclic) bond motifs is 1. The fourth-order valence-electron chi connectivity index (χ4n) is 2.21. The normalized spacial score (nSPS) is 11.8. The first kappa shape index (κ1) is 14.8. The maximum Gasteiger partial charge on any atom is 0.265 e. The van der Waals surface area contributed by atoms with Gasteiger partial charge >= 0.3 is 0 Å². The van der Waals surface area contributed by atoms with E-state index in [1.54, 1.807) is 4.90 Å². The Labute approximate surface area is 123 Å². The van der Waals surface area contributed by atoms with E-state index in [9.17, 15) is 4.79 Å². The zero-order valence-electron chi connectivity index (χ0n) is 12.7. The molecule has 0 aliphatic carbocycles. The predicted octanol–water partition coefficient (Wildman–Crippen LogP) is 3.31. The lowest BCUT2D eigenvalue weighted by atomic mass is 9.96. The molecule has 0 aromatic carbocycles. The summed E-state index contributed by atoms with van der Waals surface area (Å²) >= 11 is 1.37. The highest BCUT2D eigenvalue weighted by Crippen LogP contribution is 2.33. The van der Waals surface area contributed by atoms with Gasteiger partial charge in [0.1, 0.15) is 9.71 Å². The van der Waals surface area contributed by atoms with Gasteiger partial charge < -0.3 is 10.6 Å². The Morgan fingerprint density at radius 1 is 1.40 bits per heavy atom. The zero-order chi connectivity index (χ0) is 15.1. The molecule has 0 saturated heterocycles. The lowest BCUT2D eigenvalue weighted by Crippen LogP contribution is -2.34. The van der Waals surface area contributed by atoms with Crippen molar-refractivity contribution in [3.63, 3.8) is 0 Å². The Bertz CT molecular complexity index is 655. The zero-order valence-corrected chi connectivity index (χ0v) is 13.5. The van der Waals surface area contributed by atoms with E-state index in [2.05, 4.69) is 25.8 Å². The Morgan fingerprint density at radius 3 is 2.65 bits per heavy atom. The molecule has 1 amide bonds. The van der Waals surface area contributed by atoms with Crippen LogP contribution in [0.15, 0.2) is 12.1 Å². The highest BCUT2D eigenvalue weighted by Gasteiger charge is 2.23. The maximum atomic E-state index is 12.5. The van der Waals surface area contributed by atoms with E-state index < -0.39 is 0 Å². The van der Waals surface area contributed by atoms with Crippen molar-refractivity contribution in [2.24, 2.45) is 5.41 Å². The summed E-state index contributed by atoms with van der Waals surface area (Å²) in [6, 6.07) is 3.85. The van der Waals surface area contributed by atoms with Gasteiger partial charge in [0, 0.05) is 24.7 Å². The first-order valence-corrected chi connectivity index (χ1v) is 7.42. The summed E-state index contributed by atoms with van der Waals surface area (Å²) in [7, 11) is 1.82. The molecule has 20 heavy (non-hydrogen) atoms. The highest BCUT2D eigenvalue weighted by atomic mass is 32.1. The molecule has 0 unspecified atom stereocenters. The molecule has 0 bridgehead atoms. The second kappa shape index (κ2) is 5.05. The van der Waals surface area contributed by atoms with Gasteiger partial charge in [-0.05, 0) is 24.5 Å². The van der Waals surface area contributed by atoms with Crippen LogP contribution in [0.4, 0.5) is 5.69 Å². The molecule has 2 rings (SSSR count). The SMILES string of the molecule is Cc1ccc2c(N)c(C(=O)N(C)CC(C)(C)C)sc2n1. The number of thiophene rings is 1. The Morgan fingerprint density at radius 2 is 2.05 bits per heavy atom. The number of nitrogens with two attached hydrogens (primary N) is 1. The number of nitrogen functional groups attached to an aromatic ring is 1. The van der Waals surface area contributed by atoms with Crippen LogP contribution in [-0.4, -0.2) is 29.4 Å². The molecular weight excluding hydrogens is 270 g/mol. The number of hydrogen-bond acceptors (Lipinski definition) is 4. The van der Waals surface area contributed by atoms with Crippen molar-refractivity contribution >= 4 is 33.1 Å². The van der Waals surface area contributed by atoms with Gasteiger partial charge in [0.05, 0.1) is 5.69 Å². The molecular formula is C15H21N3OS. The first-order chi connectivity index (χ1) is 9.19. The third-order valence-electron chi connectivity index (χ3n) is 2.99. The Hall–Kier alpha value is -1.62. The molecule has 2 aromatic heterocycles. The van der Waals surface area contributed by atoms with Crippen LogP contribution in [0.3, 0.4) is 0 Å². The standard InChI is InChI=1S/C15H21N3OS/c1-9-6-7-10-11(16)12(20-13(10)17-9)14(19)18(5)8-15(2,3)4/h6-7H,8,16H2,1-5H3. The monoisotopic (exact) mass is 291 g/mol. The Kier molecular flexibility index (Phi) is 3.73. The first-order valence-electron chi connectivity index (χ1n) is 6.60. The predicted molar refractivity (Wildman–Crippen MR) is 85.2 cm³/mol. The number of rotatable bonds is 2. The van der Waals surface area contributed by atoms with E-state index in [-0.39, 0.29) is 11.3 Å². The fourth-order valence-corrected chi connectivity index (χ4v) is 3.34. The number of anilines is 1. The van der Waals surface area contributed by atoms with E-state index in [4.69, 9.17) is 5.73 Å². The summed E-state index contributed by atoms with van der Waals surface area (Å²) in [6.07, 6.45) is 0. The van der Waals surface area contributed by atoms with Crippen molar-refractivity contribution in [2.45, 2.75) is 27.7 Å². The molecule has 108 valence electrons. The number of aromatic nitrogens is 1. The average molecular weight is 291 g/mol. The minimum absolute atomic E-state index is 0.0296. The molecule has 2 aromatic rings. The lowest BCUT2D eigenvalue weighted by molar-refractivity contribution is 0.0751. The van der Waals surface area contributed by atoms with E-state index in [0.717, 1.165) is 15.9 Å². The summed E-state index contributed by atoms with van der Waals surface area (Å²) in [5.41, 5.74) is 7.65. The van der Waals surface area contributed by atoms with E-state index in [0.29, 0.717) is 17.1 Å². The van der Waals surface area contributed by atoms with Crippen LogP contribution < -0.4 is 5.73 Å². The summed E-state index contributed by atoms with van der Waals surface area (Å²) in [4.78, 5) is 20.1. The van der Waals surface area contributed by atoms with Crippen molar-refractivity contribution in [1.29, 1.82) is 0 Å². The van der Waals surface area contributed by atoms with Crippen LogP contribution in [0.25, 0.3) is 10.2 Å². The number of carbonyl (C=O) groups excluding carboxylic acids is 1. The molecule has 5 heteroatoms. The van der Waals surface area contributed by atoms with E-state index in [1.807, 2.05) is 26.1 Å². The molecule has 2 N–H and O–H groups in total. The molecule has 0 saturated carbocycles. The number of pyridine rings is 1. The van der Waals surface area contributed by atoms with Crippen molar-refractivity contribution in [3.05, 3.63) is 22.7 Å². The molecule has 2 heterocycles. The molecule has 0 fully saturated rings. The molecule has 0 aliphatic rings. The number of hydrogen-bond donors (Lipinski definition) is 1. The van der Waals surface area contributed by atoms with Crippen LogP contribution in [0, 0.1) is 12.3 Å². The summed E-state index contributed by atoms with van der Waals surface area (Å²) in [5.74, 6) is -0.0296. The third kappa shape index (κ3) is 2.93. The second-order valence-electron chi connectivity index (χ2n) is 6.37. The van der Waals surface area contributed by atoms with Crippen LogP contribution in [0.1, 0.15) is 36.1 Å². The van der Waals surface area contributed by atoms with Gasteiger partial charge in [-0.25, -0.2) is 4.98 Å². The van der Waals surface area contributed by atoms with Crippen molar-refractivity contribution < 1.29 is 4.79 Å². The fraction of sp³-hybridized carbons (Fsp3) is 0.467. The topological polar surface area (TPSA) is 59.2 Å². The Balaban J connectivity index is 2.37. The molecule has 0 atom stereocenters. The lowest BCUT2D eigenvalue weighted by Gasteiger charge is -2.26. The third-order valence-corrected chi connectivity index (χ3v) is 4.09. The molecule has 0 aliphatic heterocycles. The van der Waals surface area contributed by atoms with Gasteiger partial charge in [-0.1, -0.05) is 20.8 Å². The van der Waals surface area contributed by atoms with Crippen LogP contribution >= 0.6 is 11.3 Å². The van der Waals surface area contributed by atoms with Gasteiger partial charge in [0.2, 0.25) is 0 Å². The number of amides is 1. The van der Waals surface area contributed by atoms with Crippen molar-refractivity contribution in [2.75, 3.05) is 19.3 Å². The van der Waals surface area contributed by atoms with E-state index in [1.165, 1.54) is 11.3 Å². The van der Waals surface area contributed by atoms with Crippen molar-refractivity contribution in [3.8, 4) is 0 Å². The van der Waals surface area contributed by atoms with Gasteiger partial charge in [-0.15, -0.1) is 11.3 Å². The molecule has 0 radical (unpaired) electrons. The minimum Gasteiger partial charge on any atom is -0.397 e. The number of carbonyl (C=O) groups is 1. The van der Waals surface area contributed by atoms with Crippen LogP contribution in [-0.2, 0) is 0 Å². The average Bonchev–Trinajstić information content (AvgIpc) is 2.63. The van der Waals surface area contributed by atoms with Crippen LogP contribution in [0.5, 0.6) is 0 Å². The summed E-state index contributed by atoms with van der Waals surface area (Å²) in [5, 5.41) is 0.869. The summed E-state index contributed by atoms with van der Waals surface area (Å²) < 4.78 is 0. The van der Waals surface area contributed by atoms with Gasteiger partial charge in [0.25, 0.3) is 5.91 Å². The van der Waals surface area contributed by atoms with Gasteiger partial charge in [0.15, 0.2) is 0 Å². The second-order valence-corrected chi connectivity index (χ2v) is 7.37. The van der Waals surface area contributed by atoms with Crippen LogP contribution in [0.2, 0.25) is 0 Å². The quantitative estimate of drug-likeness (QED) is 0.923. The van der Waals surface area contributed by atoms with Gasteiger partial charge in [-0.3, -0.25) is 4.79 Å².